The number of imidazole rings is 1. The number of rotatable bonds is 5. The van der Waals surface area contributed by atoms with Crippen molar-refractivity contribution in [1.82, 2.24) is 19.4 Å². The number of carbonyl (C=O) groups is 2. The summed E-state index contributed by atoms with van der Waals surface area (Å²) in [5, 5.41) is 0.919. The summed E-state index contributed by atoms with van der Waals surface area (Å²) >= 11 is 1.49. The second kappa shape index (κ2) is 6.95. The molecule has 0 N–H and O–H groups in total. The fourth-order valence-electron chi connectivity index (χ4n) is 2.97. The molecule has 0 atom stereocenters. The van der Waals surface area contributed by atoms with E-state index in [0.717, 1.165) is 5.16 Å². The van der Waals surface area contributed by atoms with E-state index in [1.165, 1.54) is 30.9 Å². The Morgan fingerprint density at radius 1 is 1.20 bits per heavy atom. The second-order valence-electron chi connectivity index (χ2n) is 6.29. The average molecular weight is 360 g/mol. The fraction of sp³-hybridized carbons (Fsp3) is 0.471. The molecule has 0 unspecified atom stereocenters. The SMILES string of the molecule is O=C(CSc1nccn1C1CC1)N1CCN(C(=O)c2ccco2)CC1. The first kappa shape index (κ1) is 16.3. The minimum absolute atomic E-state index is 0.0976. The third-order valence-corrected chi connectivity index (χ3v) is 5.52. The molecule has 25 heavy (non-hydrogen) atoms. The largest absolute Gasteiger partial charge is 0.459 e. The summed E-state index contributed by atoms with van der Waals surface area (Å²) in [5.74, 6) is 0.719. The maximum atomic E-state index is 12.4. The molecule has 2 fully saturated rings. The van der Waals surface area contributed by atoms with Gasteiger partial charge in [-0.3, -0.25) is 9.59 Å². The van der Waals surface area contributed by atoms with Crippen LogP contribution in [0.2, 0.25) is 0 Å². The Hall–Kier alpha value is -2.22. The molecule has 0 bridgehead atoms. The van der Waals surface area contributed by atoms with Gasteiger partial charge in [-0.25, -0.2) is 4.98 Å². The molecule has 0 spiro atoms. The zero-order chi connectivity index (χ0) is 17.2. The van der Waals surface area contributed by atoms with Gasteiger partial charge in [-0.1, -0.05) is 11.8 Å². The van der Waals surface area contributed by atoms with Gasteiger partial charge < -0.3 is 18.8 Å². The number of carbonyl (C=O) groups excluding carboxylic acids is 2. The lowest BCUT2D eigenvalue weighted by Crippen LogP contribution is -2.51. The molecule has 1 saturated heterocycles. The van der Waals surface area contributed by atoms with Crippen LogP contribution >= 0.6 is 11.8 Å². The highest BCUT2D eigenvalue weighted by Gasteiger charge is 2.28. The van der Waals surface area contributed by atoms with Gasteiger partial charge in [0.2, 0.25) is 5.91 Å². The molecule has 1 aliphatic carbocycles. The van der Waals surface area contributed by atoms with Crippen LogP contribution in [0.5, 0.6) is 0 Å². The first-order valence-corrected chi connectivity index (χ1v) is 9.47. The Morgan fingerprint density at radius 3 is 2.64 bits per heavy atom. The molecule has 0 aromatic carbocycles. The molecule has 8 heteroatoms. The lowest BCUT2D eigenvalue weighted by molar-refractivity contribution is -0.129. The van der Waals surface area contributed by atoms with Crippen molar-refractivity contribution in [3.8, 4) is 0 Å². The molecule has 4 rings (SSSR count). The Bertz CT molecular complexity index is 746. The number of furan rings is 1. The van der Waals surface area contributed by atoms with E-state index in [4.69, 9.17) is 4.42 Å². The van der Waals surface area contributed by atoms with Crippen molar-refractivity contribution in [3.05, 3.63) is 36.5 Å². The van der Waals surface area contributed by atoms with E-state index in [0.29, 0.717) is 43.7 Å². The van der Waals surface area contributed by atoms with E-state index >= 15 is 0 Å². The highest BCUT2D eigenvalue weighted by atomic mass is 32.2. The molecule has 2 aromatic heterocycles. The van der Waals surface area contributed by atoms with Crippen molar-refractivity contribution in [3.63, 3.8) is 0 Å². The van der Waals surface area contributed by atoms with E-state index in [2.05, 4.69) is 9.55 Å². The van der Waals surface area contributed by atoms with Gasteiger partial charge in [-0.2, -0.15) is 0 Å². The van der Waals surface area contributed by atoms with Gasteiger partial charge in [0.1, 0.15) is 0 Å². The molecule has 1 saturated carbocycles. The summed E-state index contributed by atoms with van der Waals surface area (Å²) in [5.41, 5.74) is 0. The van der Waals surface area contributed by atoms with Crippen LogP contribution in [-0.2, 0) is 4.79 Å². The highest BCUT2D eigenvalue weighted by Crippen LogP contribution is 2.37. The van der Waals surface area contributed by atoms with Crippen LogP contribution in [0.15, 0.2) is 40.4 Å². The van der Waals surface area contributed by atoms with Crippen LogP contribution in [0.25, 0.3) is 0 Å². The Balaban J connectivity index is 1.26. The third-order valence-electron chi connectivity index (χ3n) is 4.55. The summed E-state index contributed by atoms with van der Waals surface area (Å²) in [6.45, 7) is 2.19. The smallest absolute Gasteiger partial charge is 0.289 e. The average Bonchev–Trinajstić information content (AvgIpc) is 3.14. The standard InChI is InChI=1S/C17H20N4O3S/c22-15(12-25-17-18-5-6-21(17)13-3-4-13)19-7-9-20(10-8-19)16(23)14-2-1-11-24-14/h1-2,5-6,11,13H,3-4,7-10,12H2. The molecule has 132 valence electrons. The molecule has 3 heterocycles. The van der Waals surface area contributed by atoms with Gasteiger partial charge >= 0.3 is 0 Å². The van der Waals surface area contributed by atoms with E-state index in [1.54, 1.807) is 23.2 Å². The quantitative estimate of drug-likeness (QED) is 0.762. The van der Waals surface area contributed by atoms with Crippen LogP contribution in [0.4, 0.5) is 0 Å². The molecule has 2 amide bonds. The van der Waals surface area contributed by atoms with Gasteiger partial charge in [-0.15, -0.1) is 0 Å². The summed E-state index contributed by atoms with van der Waals surface area (Å²) in [6, 6.07) is 3.94. The predicted molar refractivity (Wildman–Crippen MR) is 92.4 cm³/mol. The number of amides is 2. The maximum Gasteiger partial charge on any atom is 0.289 e. The second-order valence-corrected chi connectivity index (χ2v) is 7.23. The number of nitrogens with zero attached hydrogens (tertiary/aromatic N) is 4. The first-order valence-electron chi connectivity index (χ1n) is 8.48. The van der Waals surface area contributed by atoms with Crippen molar-refractivity contribution in [2.75, 3.05) is 31.9 Å². The minimum atomic E-state index is -0.113. The van der Waals surface area contributed by atoms with Crippen molar-refractivity contribution in [2.45, 2.75) is 24.0 Å². The Labute approximate surface area is 150 Å². The van der Waals surface area contributed by atoms with E-state index < -0.39 is 0 Å². The van der Waals surface area contributed by atoms with Crippen LogP contribution in [0, 0.1) is 0 Å². The lowest BCUT2D eigenvalue weighted by atomic mass is 10.3. The van der Waals surface area contributed by atoms with E-state index in [-0.39, 0.29) is 11.8 Å². The fourth-order valence-corrected chi connectivity index (χ4v) is 3.90. The van der Waals surface area contributed by atoms with E-state index in [9.17, 15) is 9.59 Å². The summed E-state index contributed by atoms with van der Waals surface area (Å²) in [4.78, 5) is 32.6. The van der Waals surface area contributed by atoms with Crippen molar-refractivity contribution >= 4 is 23.6 Å². The Morgan fingerprint density at radius 2 is 1.96 bits per heavy atom. The monoisotopic (exact) mass is 360 g/mol. The lowest BCUT2D eigenvalue weighted by Gasteiger charge is -2.34. The van der Waals surface area contributed by atoms with Gasteiger partial charge in [0.05, 0.1) is 12.0 Å². The molecular weight excluding hydrogens is 340 g/mol. The summed E-state index contributed by atoms with van der Waals surface area (Å²) in [7, 11) is 0. The first-order chi connectivity index (χ1) is 12.2. The zero-order valence-corrected chi connectivity index (χ0v) is 14.7. The van der Waals surface area contributed by atoms with Crippen LogP contribution in [0.3, 0.4) is 0 Å². The summed E-state index contributed by atoms with van der Waals surface area (Å²) < 4.78 is 7.32. The molecule has 7 nitrogen and oxygen atoms in total. The topological polar surface area (TPSA) is 71.6 Å². The van der Waals surface area contributed by atoms with Crippen molar-refractivity contribution in [2.24, 2.45) is 0 Å². The summed E-state index contributed by atoms with van der Waals surface area (Å²) in [6.07, 6.45) is 7.68. The predicted octanol–water partition coefficient (Wildman–Crippen LogP) is 1.89. The third kappa shape index (κ3) is 3.58. The van der Waals surface area contributed by atoms with Gasteiger partial charge in [0.15, 0.2) is 10.9 Å². The van der Waals surface area contributed by atoms with Crippen LogP contribution < -0.4 is 0 Å². The molecule has 1 aliphatic heterocycles. The number of aromatic nitrogens is 2. The number of hydrogen-bond acceptors (Lipinski definition) is 5. The molecule has 2 aromatic rings. The van der Waals surface area contributed by atoms with Gasteiger partial charge in [0, 0.05) is 44.6 Å². The Kier molecular flexibility index (Phi) is 4.52. The van der Waals surface area contributed by atoms with Crippen molar-refractivity contribution < 1.29 is 14.0 Å². The van der Waals surface area contributed by atoms with Crippen molar-refractivity contribution in [1.29, 1.82) is 0 Å². The molecule has 2 aliphatic rings. The van der Waals surface area contributed by atoms with Crippen LogP contribution in [-0.4, -0.2) is 63.1 Å². The number of thioether (sulfide) groups is 1. The van der Waals surface area contributed by atoms with E-state index in [1.807, 2.05) is 11.1 Å². The minimum Gasteiger partial charge on any atom is -0.459 e. The molecule has 0 radical (unpaired) electrons. The maximum absolute atomic E-state index is 12.4. The van der Waals surface area contributed by atoms with Gasteiger partial charge in [-0.05, 0) is 25.0 Å². The normalized spacial score (nSPS) is 17.8. The van der Waals surface area contributed by atoms with Crippen LogP contribution in [0.1, 0.15) is 29.4 Å². The van der Waals surface area contributed by atoms with Gasteiger partial charge in [0.25, 0.3) is 5.91 Å². The number of hydrogen-bond donors (Lipinski definition) is 0. The molecular formula is C17H20N4O3S. The highest BCUT2D eigenvalue weighted by molar-refractivity contribution is 7.99. The zero-order valence-electron chi connectivity index (χ0n) is 13.8. The number of piperazine rings is 1.